The molecule has 0 fully saturated rings. The summed E-state index contributed by atoms with van der Waals surface area (Å²) in [5.41, 5.74) is 3.70. The van der Waals surface area contributed by atoms with Crippen molar-refractivity contribution >= 4 is 27.6 Å². The van der Waals surface area contributed by atoms with Crippen molar-refractivity contribution in [1.29, 1.82) is 0 Å². The van der Waals surface area contributed by atoms with Gasteiger partial charge in [-0.05, 0) is 47.0 Å². The van der Waals surface area contributed by atoms with E-state index in [4.69, 9.17) is 0 Å². The Kier molecular flexibility index (Phi) is 4.19. The molecule has 3 nitrogen and oxygen atoms in total. The Morgan fingerprint density at radius 3 is 2.56 bits per heavy atom. The van der Waals surface area contributed by atoms with E-state index in [1.807, 2.05) is 19.1 Å². The van der Waals surface area contributed by atoms with Crippen molar-refractivity contribution in [2.24, 2.45) is 0 Å². The van der Waals surface area contributed by atoms with Gasteiger partial charge in [-0.25, -0.2) is 4.39 Å². The average Bonchev–Trinajstić information content (AvgIpc) is 2.91. The molecular formula is C23H20FNO2. The lowest BCUT2D eigenvalue weighted by Crippen LogP contribution is -2.10. The Hall–Kier alpha value is -3.14. The fourth-order valence-electron chi connectivity index (χ4n) is 4.01. The Bertz CT molecular complexity index is 1180. The van der Waals surface area contributed by atoms with Crippen molar-refractivity contribution < 1.29 is 14.3 Å². The van der Waals surface area contributed by atoms with Gasteiger partial charge in [-0.1, -0.05) is 49.4 Å². The molecule has 0 saturated carbocycles. The van der Waals surface area contributed by atoms with E-state index in [1.165, 1.54) is 17.5 Å². The Balaban J connectivity index is 1.92. The number of carboxylic acids is 1. The maximum atomic E-state index is 14.0. The van der Waals surface area contributed by atoms with Crippen molar-refractivity contribution in [2.45, 2.75) is 26.3 Å². The van der Waals surface area contributed by atoms with Crippen LogP contribution < -0.4 is 0 Å². The third-order valence-electron chi connectivity index (χ3n) is 5.33. The molecule has 0 aliphatic carbocycles. The van der Waals surface area contributed by atoms with E-state index < -0.39 is 5.97 Å². The van der Waals surface area contributed by atoms with Crippen molar-refractivity contribution in [3.63, 3.8) is 0 Å². The zero-order valence-corrected chi connectivity index (χ0v) is 15.2. The lowest BCUT2D eigenvalue weighted by atomic mass is 9.89. The van der Waals surface area contributed by atoms with E-state index in [2.05, 4.69) is 37.3 Å². The van der Waals surface area contributed by atoms with E-state index in [0.29, 0.717) is 0 Å². The second-order valence-corrected chi connectivity index (χ2v) is 6.97. The summed E-state index contributed by atoms with van der Waals surface area (Å²) in [6, 6.07) is 19.1. The molecule has 1 aromatic heterocycles. The molecule has 3 aromatic carbocycles. The van der Waals surface area contributed by atoms with Crippen LogP contribution in [0, 0.1) is 12.7 Å². The molecule has 1 atom stereocenters. The van der Waals surface area contributed by atoms with Crippen molar-refractivity contribution in [2.75, 3.05) is 0 Å². The first-order valence-electron chi connectivity index (χ1n) is 8.94. The predicted molar refractivity (Wildman–Crippen MR) is 106 cm³/mol. The molecule has 0 amide bonds. The molecule has 1 N–H and O–H groups in total. The summed E-state index contributed by atoms with van der Waals surface area (Å²) >= 11 is 0. The minimum absolute atomic E-state index is 0.00829. The van der Waals surface area contributed by atoms with Crippen LogP contribution in [0.3, 0.4) is 0 Å². The molecule has 0 aliphatic heterocycles. The maximum absolute atomic E-state index is 14.0. The molecule has 4 heteroatoms. The third kappa shape index (κ3) is 2.97. The third-order valence-corrected chi connectivity index (χ3v) is 5.33. The normalized spacial score (nSPS) is 12.6. The second-order valence-electron chi connectivity index (χ2n) is 6.97. The average molecular weight is 361 g/mol. The summed E-state index contributed by atoms with van der Waals surface area (Å²) in [7, 11) is 0. The van der Waals surface area contributed by atoms with Crippen LogP contribution in [-0.2, 0) is 11.3 Å². The van der Waals surface area contributed by atoms with E-state index in [1.54, 1.807) is 10.6 Å². The van der Waals surface area contributed by atoms with Crippen LogP contribution in [0.5, 0.6) is 0 Å². The molecule has 0 radical (unpaired) electrons. The van der Waals surface area contributed by atoms with Gasteiger partial charge in [0.2, 0.25) is 0 Å². The number of fused-ring (bicyclic) bond motifs is 2. The number of halogens is 1. The molecule has 1 heterocycles. The first-order valence-corrected chi connectivity index (χ1v) is 8.94. The SMILES string of the molecule is Cc1c(C(C)c2ccc3ccccc3c2)c2cc(F)ccc2n1CC(=O)O. The molecule has 0 aliphatic rings. The molecule has 1 unspecified atom stereocenters. The van der Waals surface area contributed by atoms with Crippen LogP contribution in [-0.4, -0.2) is 15.6 Å². The van der Waals surface area contributed by atoms with E-state index in [9.17, 15) is 14.3 Å². The Morgan fingerprint density at radius 2 is 1.81 bits per heavy atom. The smallest absolute Gasteiger partial charge is 0.323 e. The number of aliphatic carboxylic acids is 1. The standard InChI is InChI=1S/C23H20FNO2/c1-14(17-8-7-16-5-3-4-6-18(16)11-17)23-15(2)25(13-22(26)27)21-10-9-19(24)12-20(21)23/h3-12,14H,13H2,1-2H3,(H,26,27). The van der Waals surface area contributed by atoms with Gasteiger partial charge in [0.15, 0.2) is 0 Å². The highest BCUT2D eigenvalue weighted by atomic mass is 19.1. The van der Waals surface area contributed by atoms with Crippen LogP contribution in [0.4, 0.5) is 4.39 Å². The van der Waals surface area contributed by atoms with Crippen molar-refractivity contribution in [3.8, 4) is 0 Å². The largest absolute Gasteiger partial charge is 0.480 e. The Morgan fingerprint density at radius 1 is 1.07 bits per heavy atom. The van der Waals surface area contributed by atoms with Gasteiger partial charge in [0.05, 0.1) is 0 Å². The lowest BCUT2D eigenvalue weighted by Gasteiger charge is -2.15. The highest BCUT2D eigenvalue weighted by Gasteiger charge is 2.21. The molecular weight excluding hydrogens is 341 g/mol. The zero-order chi connectivity index (χ0) is 19.1. The molecule has 27 heavy (non-hydrogen) atoms. The quantitative estimate of drug-likeness (QED) is 0.523. The number of carbonyl (C=O) groups is 1. The first-order chi connectivity index (χ1) is 13.0. The number of benzene rings is 3. The summed E-state index contributed by atoms with van der Waals surface area (Å²) in [5.74, 6) is -1.22. The fraction of sp³-hybridized carbons (Fsp3) is 0.174. The highest BCUT2D eigenvalue weighted by Crippen LogP contribution is 2.36. The molecule has 0 saturated heterocycles. The van der Waals surface area contributed by atoms with Crippen molar-refractivity contribution in [1.82, 2.24) is 4.57 Å². The fourth-order valence-corrected chi connectivity index (χ4v) is 4.01. The van der Waals surface area contributed by atoms with Gasteiger partial charge in [-0.2, -0.15) is 0 Å². The summed E-state index contributed by atoms with van der Waals surface area (Å²) in [6.45, 7) is 3.86. The van der Waals surface area contributed by atoms with E-state index in [0.717, 1.165) is 33.1 Å². The molecule has 136 valence electrons. The van der Waals surface area contributed by atoms with Gasteiger partial charge in [-0.3, -0.25) is 4.79 Å². The number of carboxylic acid groups (broad SMARTS) is 1. The summed E-state index contributed by atoms with van der Waals surface area (Å²) in [5, 5.41) is 12.4. The minimum Gasteiger partial charge on any atom is -0.480 e. The Labute approximate surface area is 156 Å². The lowest BCUT2D eigenvalue weighted by molar-refractivity contribution is -0.137. The molecule has 4 aromatic rings. The van der Waals surface area contributed by atoms with Crippen LogP contribution in [0.25, 0.3) is 21.7 Å². The molecule has 0 bridgehead atoms. The number of hydrogen-bond donors (Lipinski definition) is 1. The summed E-state index contributed by atoms with van der Waals surface area (Å²) < 4.78 is 15.7. The summed E-state index contributed by atoms with van der Waals surface area (Å²) in [6.07, 6.45) is 0. The predicted octanol–water partition coefficient (Wildman–Crippen LogP) is 5.48. The monoisotopic (exact) mass is 361 g/mol. The first kappa shape index (κ1) is 17.3. The topological polar surface area (TPSA) is 42.2 Å². The number of nitrogens with zero attached hydrogens (tertiary/aromatic N) is 1. The van der Waals surface area contributed by atoms with Gasteiger partial charge in [0, 0.05) is 22.5 Å². The van der Waals surface area contributed by atoms with Gasteiger partial charge in [-0.15, -0.1) is 0 Å². The molecule has 0 spiro atoms. The molecule has 4 rings (SSSR count). The second kappa shape index (κ2) is 6.54. The van der Waals surface area contributed by atoms with E-state index >= 15 is 0 Å². The van der Waals surface area contributed by atoms with Crippen LogP contribution >= 0.6 is 0 Å². The number of rotatable bonds is 4. The van der Waals surface area contributed by atoms with Gasteiger partial charge < -0.3 is 9.67 Å². The van der Waals surface area contributed by atoms with Crippen LogP contribution in [0.2, 0.25) is 0 Å². The summed E-state index contributed by atoms with van der Waals surface area (Å²) in [4.78, 5) is 11.3. The highest BCUT2D eigenvalue weighted by molar-refractivity contribution is 5.88. The maximum Gasteiger partial charge on any atom is 0.323 e. The van der Waals surface area contributed by atoms with Gasteiger partial charge in [0.25, 0.3) is 0 Å². The van der Waals surface area contributed by atoms with Crippen LogP contribution in [0.1, 0.15) is 29.7 Å². The van der Waals surface area contributed by atoms with Crippen molar-refractivity contribution in [3.05, 3.63) is 83.3 Å². The minimum atomic E-state index is -0.913. The number of hydrogen-bond acceptors (Lipinski definition) is 1. The zero-order valence-electron chi connectivity index (χ0n) is 15.2. The number of aromatic nitrogens is 1. The van der Waals surface area contributed by atoms with Gasteiger partial charge >= 0.3 is 5.97 Å². The van der Waals surface area contributed by atoms with E-state index in [-0.39, 0.29) is 18.3 Å². The van der Waals surface area contributed by atoms with Gasteiger partial charge in [0.1, 0.15) is 12.4 Å². The van der Waals surface area contributed by atoms with Crippen LogP contribution in [0.15, 0.2) is 60.7 Å².